The van der Waals surface area contributed by atoms with Gasteiger partial charge in [0.2, 0.25) is 0 Å². The van der Waals surface area contributed by atoms with Crippen molar-refractivity contribution in [3.63, 3.8) is 0 Å². The standard InChI is InChI=1S/C25H32FN5O/c1-4-9-20-17-24(23-13-12-22(26)19(3)28-23)29-31(20)18-21(32)10-8-16-30(15-5-2)25-11-6-7-14-27-25/h6-7,11-14,17H,4-5,8-10,15-16,18H2,1-3H3. The molecule has 0 radical (unpaired) electrons. The number of carbonyl (C=O) groups excluding carboxylic acids is 1. The van der Waals surface area contributed by atoms with Crippen LogP contribution in [0.4, 0.5) is 10.2 Å². The Labute approximate surface area is 189 Å². The van der Waals surface area contributed by atoms with Gasteiger partial charge >= 0.3 is 0 Å². The number of hydrogen-bond acceptors (Lipinski definition) is 5. The van der Waals surface area contributed by atoms with Crippen LogP contribution in [0, 0.1) is 12.7 Å². The first kappa shape index (κ1) is 23.6. The van der Waals surface area contributed by atoms with Crippen LogP contribution in [0.1, 0.15) is 50.9 Å². The van der Waals surface area contributed by atoms with Gasteiger partial charge in [-0.1, -0.05) is 26.3 Å². The van der Waals surface area contributed by atoms with Crippen molar-refractivity contribution in [1.29, 1.82) is 0 Å². The summed E-state index contributed by atoms with van der Waals surface area (Å²) in [4.78, 5) is 23.7. The molecule has 0 saturated carbocycles. The molecule has 0 unspecified atom stereocenters. The van der Waals surface area contributed by atoms with Gasteiger partial charge in [0, 0.05) is 31.4 Å². The molecule has 0 saturated heterocycles. The third kappa shape index (κ3) is 6.22. The Morgan fingerprint density at radius 1 is 1.09 bits per heavy atom. The van der Waals surface area contributed by atoms with Crippen LogP contribution in [0.3, 0.4) is 0 Å². The number of pyridine rings is 2. The third-order valence-electron chi connectivity index (χ3n) is 5.33. The molecule has 7 heteroatoms. The molecule has 0 aliphatic carbocycles. The molecule has 0 spiro atoms. The predicted octanol–water partition coefficient (Wildman–Crippen LogP) is 5.01. The van der Waals surface area contributed by atoms with Crippen LogP contribution in [-0.4, -0.2) is 38.6 Å². The van der Waals surface area contributed by atoms with Crippen LogP contribution in [0.2, 0.25) is 0 Å². The van der Waals surface area contributed by atoms with Gasteiger partial charge in [-0.3, -0.25) is 9.48 Å². The minimum absolute atomic E-state index is 0.151. The van der Waals surface area contributed by atoms with Crippen molar-refractivity contribution in [3.8, 4) is 11.4 Å². The lowest BCUT2D eigenvalue weighted by atomic mass is 10.2. The summed E-state index contributed by atoms with van der Waals surface area (Å²) in [6, 6.07) is 10.9. The van der Waals surface area contributed by atoms with Gasteiger partial charge in [0.05, 0.1) is 17.9 Å². The Morgan fingerprint density at radius 3 is 2.62 bits per heavy atom. The maximum absolute atomic E-state index is 13.6. The molecule has 0 fully saturated rings. The van der Waals surface area contributed by atoms with Crippen LogP contribution < -0.4 is 4.90 Å². The smallest absolute Gasteiger partial charge is 0.154 e. The molecule has 170 valence electrons. The molecule has 3 aromatic heterocycles. The van der Waals surface area contributed by atoms with Gasteiger partial charge in [0.25, 0.3) is 0 Å². The Kier molecular flexibility index (Phi) is 8.48. The molecule has 0 amide bonds. The van der Waals surface area contributed by atoms with Crippen molar-refractivity contribution in [2.75, 3.05) is 18.0 Å². The summed E-state index contributed by atoms with van der Waals surface area (Å²) in [5.41, 5.74) is 2.64. The molecule has 0 aliphatic rings. The summed E-state index contributed by atoms with van der Waals surface area (Å²) in [6.07, 6.45) is 5.85. The molecule has 0 atom stereocenters. The van der Waals surface area contributed by atoms with E-state index < -0.39 is 0 Å². The highest BCUT2D eigenvalue weighted by Crippen LogP contribution is 2.20. The molecule has 0 aliphatic heterocycles. The largest absolute Gasteiger partial charge is 0.357 e. The monoisotopic (exact) mass is 437 g/mol. The predicted molar refractivity (Wildman–Crippen MR) is 125 cm³/mol. The van der Waals surface area contributed by atoms with Crippen LogP contribution in [0.5, 0.6) is 0 Å². The highest BCUT2D eigenvalue weighted by Gasteiger charge is 2.15. The van der Waals surface area contributed by atoms with Gasteiger partial charge in [-0.05, 0) is 56.5 Å². The van der Waals surface area contributed by atoms with E-state index in [9.17, 15) is 9.18 Å². The summed E-state index contributed by atoms with van der Waals surface area (Å²) < 4.78 is 15.4. The molecule has 0 aromatic carbocycles. The number of rotatable bonds is 12. The zero-order chi connectivity index (χ0) is 22.9. The average Bonchev–Trinajstić information content (AvgIpc) is 3.18. The van der Waals surface area contributed by atoms with Gasteiger partial charge in [-0.2, -0.15) is 5.10 Å². The van der Waals surface area contributed by atoms with E-state index in [0.29, 0.717) is 23.5 Å². The summed E-state index contributed by atoms with van der Waals surface area (Å²) in [7, 11) is 0. The first-order valence-electron chi connectivity index (χ1n) is 11.4. The van der Waals surface area contributed by atoms with Crippen LogP contribution >= 0.6 is 0 Å². The molecular formula is C25H32FN5O. The lowest BCUT2D eigenvalue weighted by Gasteiger charge is -2.22. The average molecular weight is 438 g/mol. The number of ketones is 1. The summed E-state index contributed by atoms with van der Waals surface area (Å²) in [6.45, 7) is 7.83. The van der Waals surface area contributed by atoms with Gasteiger partial charge in [0.1, 0.15) is 17.3 Å². The number of nitrogens with zero attached hydrogens (tertiary/aromatic N) is 5. The van der Waals surface area contributed by atoms with E-state index in [0.717, 1.165) is 50.3 Å². The molecule has 6 nitrogen and oxygen atoms in total. The third-order valence-corrected chi connectivity index (χ3v) is 5.33. The molecular weight excluding hydrogens is 405 g/mol. The fraction of sp³-hybridized carbons (Fsp3) is 0.440. The second-order valence-electron chi connectivity index (χ2n) is 8.01. The van der Waals surface area contributed by atoms with Gasteiger partial charge in [0.15, 0.2) is 5.78 Å². The highest BCUT2D eigenvalue weighted by molar-refractivity contribution is 5.78. The number of aromatic nitrogens is 4. The first-order chi connectivity index (χ1) is 15.5. The molecule has 0 N–H and O–H groups in total. The van der Waals surface area contributed by atoms with E-state index in [1.165, 1.54) is 6.07 Å². The van der Waals surface area contributed by atoms with E-state index in [4.69, 9.17) is 0 Å². The Hall–Kier alpha value is -3.09. The van der Waals surface area contributed by atoms with E-state index in [2.05, 4.69) is 33.8 Å². The number of hydrogen-bond donors (Lipinski definition) is 0. The van der Waals surface area contributed by atoms with Crippen molar-refractivity contribution >= 4 is 11.6 Å². The fourth-order valence-electron chi connectivity index (χ4n) is 3.73. The lowest BCUT2D eigenvalue weighted by molar-refractivity contribution is -0.119. The topological polar surface area (TPSA) is 63.9 Å². The molecule has 3 rings (SSSR count). The minimum Gasteiger partial charge on any atom is -0.357 e. The van der Waals surface area contributed by atoms with Crippen molar-refractivity contribution < 1.29 is 9.18 Å². The SMILES string of the molecule is CCCc1cc(-c2ccc(F)c(C)n2)nn1CC(=O)CCCN(CCC)c1ccccn1. The summed E-state index contributed by atoms with van der Waals surface area (Å²) >= 11 is 0. The van der Waals surface area contributed by atoms with Crippen molar-refractivity contribution in [2.45, 2.75) is 59.4 Å². The Morgan fingerprint density at radius 2 is 1.94 bits per heavy atom. The van der Waals surface area contributed by atoms with E-state index in [1.807, 2.05) is 24.3 Å². The van der Waals surface area contributed by atoms with Gasteiger partial charge in [-0.15, -0.1) is 0 Å². The molecule has 0 bridgehead atoms. The number of carbonyl (C=O) groups is 1. The highest BCUT2D eigenvalue weighted by atomic mass is 19.1. The van der Waals surface area contributed by atoms with E-state index >= 15 is 0 Å². The van der Waals surface area contributed by atoms with Crippen LogP contribution in [0.15, 0.2) is 42.6 Å². The number of halogens is 1. The number of Topliss-reactive ketones (excluding diaryl/α,β-unsaturated/α-hetero) is 1. The molecule has 3 aromatic rings. The zero-order valence-corrected chi connectivity index (χ0v) is 19.2. The maximum atomic E-state index is 13.6. The number of anilines is 1. The van der Waals surface area contributed by atoms with Crippen molar-refractivity contribution in [3.05, 3.63) is 59.8 Å². The summed E-state index contributed by atoms with van der Waals surface area (Å²) in [5, 5.41) is 4.62. The maximum Gasteiger partial charge on any atom is 0.154 e. The Bertz CT molecular complexity index is 1020. The number of aryl methyl sites for hydroxylation is 2. The first-order valence-corrected chi connectivity index (χ1v) is 11.4. The quantitative estimate of drug-likeness (QED) is 0.399. The molecule has 3 heterocycles. The fourth-order valence-corrected chi connectivity index (χ4v) is 3.73. The van der Waals surface area contributed by atoms with Gasteiger partial charge < -0.3 is 4.90 Å². The normalized spacial score (nSPS) is 11.0. The minimum atomic E-state index is -0.333. The van der Waals surface area contributed by atoms with Crippen LogP contribution in [-0.2, 0) is 17.8 Å². The van der Waals surface area contributed by atoms with Gasteiger partial charge in [-0.25, -0.2) is 14.4 Å². The summed E-state index contributed by atoms with van der Waals surface area (Å²) in [5.74, 6) is 0.767. The molecule has 32 heavy (non-hydrogen) atoms. The Balaban J connectivity index is 1.63. The van der Waals surface area contributed by atoms with Crippen molar-refractivity contribution in [2.24, 2.45) is 0 Å². The van der Waals surface area contributed by atoms with E-state index in [-0.39, 0.29) is 18.1 Å². The lowest BCUT2D eigenvalue weighted by Crippen LogP contribution is -2.27. The van der Waals surface area contributed by atoms with E-state index in [1.54, 1.807) is 23.9 Å². The van der Waals surface area contributed by atoms with Crippen LogP contribution in [0.25, 0.3) is 11.4 Å². The second-order valence-corrected chi connectivity index (χ2v) is 8.01. The second kappa shape index (κ2) is 11.5. The zero-order valence-electron chi connectivity index (χ0n) is 19.2. The van der Waals surface area contributed by atoms with Crippen molar-refractivity contribution in [1.82, 2.24) is 19.7 Å².